The molecular formula is C17H12BrFN2O3. The second kappa shape index (κ2) is 6.45. The minimum absolute atomic E-state index is 0.0183. The number of rotatable bonds is 3. The number of nitrogens with one attached hydrogen (secondary N) is 1. The van der Waals surface area contributed by atoms with Crippen molar-refractivity contribution >= 4 is 33.9 Å². The van der Waals surface area contributed by atoms with Crippen LogP contribution in [0.4, 0.5) is 9.18 Å². The van der Waals surface area contributed by atoms with Gasteiger partial charge in [0, 0.05) is 15.6 Å². The Balaban J connectivity index is 1.88. The first-order chi connectivity index (χ1) is 11.5. The molecule has 122 valence electrons. The number of amides is 3. The van der Waals surface area contributed by atoms with Gasteiger partial charge in [-0.3, -0.25) is 9.69 Å². The van der Waals surface area contributed by atoms with Crippen molar-refractivity contribution in [1.29, 1.82) is 0 Å². The summed E-state index contributed by atoms with van der Waals surface area (Å²) >= 11 is 3.27. The maximum absolute atomic E-state index is 13.7. The standard InChI is InChI=1S/C17H12BrFN2O3/c18-12-5-6-15(22)11(7-12)8-14-16(23)21(17(24)20-14)9-10-3-1-2-4-13(10)19/h1-8,22H,9H2,(H,20,24)/b14-8-. The summed E-state index contributed by atoms with van der Waals surface area (Å²) in [5.41, 5.74) is 0.637. The zero-order valence-electron chi connectivity index (χ0n) is 12.3. The number of benzene rings is 2. The van der Waals surface area contributed by atoms with Crippen LogP contribution in [-0.2, 0) is 11.3 Å². The fourth-order valence-electron chi connectivity index (χ4n) is 2.31. The predicted molar refractivity (Wildman–Crippen MR) is 89.3 cm³/mol. The van der Waals surface area contributed by atoms with Crippen LogP contribution in [0.3, 0.4) is 0 Å². The summed E-state index contributed by atoms with van der Waals surface area (Å²) in [6.45, 7) is -0.168. The molecule has 2 N–H and O–H groups in total. The van der Waals surface area contributed by atoms with Crippen LogP contribution in [0.2, 0.25) is 0 Å². The lowest BCUT2D eigenvalue weighted by molar-refractivity contribution is -0.123. The molecule has 0 aliphatic carbocycles. The van der Waals surface area contributed by atoms with Gasteiger partial charge in [-0.25, -0.2) is 9.18 Å². The van der Waals surface area contributed by atoms with Crippen LogP contribution < -0.4 is 5.32 Å². The lowest BCUT2D eigenvalue weighted by atomic mass is 10.1. The number of phenols is 1. The number of hydrogen-bond donors (Lipinski definition) is 2. The largest absolute Gasteiger partial charge is 0.507 e. The molecule has 0 bridgehead atoms. The second-order valence-corrected chi connectivity index (χ2v) is 6.09. The number of carbonyl (C=O) groups excluding carboxylic acids is 2. The summed E-state index contributed by atoms with van der Waals surface area (Å²) in [4.78, 5) is 25.3. The van der Waals surface area contributed by atoms with Crippen molar-refractivity contribution in [3.8, 4) is 5.75 Å². The molecule has 24 heavy (non-hydrogen) atoms. The van der Waals surface area contributed by atoms with Crippen LogP contribution in [-0.4, -0.2) is 21.9 Å². The van der Waals surface area contributed by atoms with E-state index in [0.717, 1.165) is 4.90 Å². The van der Waals surface area contributed by atoms with Crippen LogP contribution in [0.15, 0.2) is 52.6 Å². The Labute approximate surface area is 145 Å². The molecular weight excluding hydrogens is 379 g/mol. The van der Waals surface area contributed by atoms with E-state index < -0.39 is 17.8 Å². The van der Waals surface area contributed by atoms with Crippen molar-refractivity contribution in [1.82, 2.24) is 10.2 Å². The van der Waals surface area contributed by atoms with Gasteiger partial charge < -0.3 is 10.4 Å². The Kier molecular flexibility index (Phi) is 4.35. The Morgan fingerprint density at radius 1 is 1.21 bits per heavy atom. The van der Waals surface area contributed by atoms with E-state index in [-0.39, 0.29) is 23.6 Å². The quantitative estimate of drug-likeness (QED) is 0.623. The van der Waals surface area contributed by atoms with Crippen molar-refractivity contribution in [2.75, 3.05) is 0 Å². The van der Waals surface area contributed by atoms with E-state index >= 15 is 0 Å². The molecule has 1 saturated heterocycles. The van der Waals surface area contributed by atoms with E-state index in [0.29, 0.717) is 10.0 Å². The van der Waals surface area contributed by atoms with E-state index in [9.17, 15) is 19.1 Å². The molecule has 7 heteroatoms. The lowest BCUT2D eigenvalue weighted by Crippen LogP contribution is -2.30. The van der Waals surface area contributed by atoms with E-state index in [1.54, 1.807) is 18.2 Å². The Bertz CT molecular complexity index is 867. The maximum Gasteiger partial charge on any atom is 0.329 e. The molecule has 0 radical (unpaired) electrons. The van der Waals surface area contributed by atoms with E-state index in [4.69, 9.17) is 0 Å². The smallest absolute Gasteiger partial charge is 0.329 e. The Hall–Kier alpha value is -2.67. The summed E-state index contributed by atoms with van der Waals surface area (Å²) < 4.78 is 14.4. The van der Waals surface area contributed by atoms with Crippen LogP contribution >= 0.6 is 15.9 Å². The molecule has 2 aromatic carbocycles. The van der Waals surface area contributed by atoms with Gasteiger partial charge in [-0.15, -0.1) is 0 Å². The van der Waals surface area contributed by atoms with Crippen LogP contribution in [0, 0.1) is 5.82 Å². The fraction of sp³-hybridized carbons (Fsp3) is 0.0588. The maximum atomic E-state index is 13.7. The highest BCUT2D eigenvalue weighted by atomic mass is 79.9. The zero-order valence-corrected chi connectivity index (χ0v) is 13.9. The molecule has 2 aromatic rings. The highest BCUT2D eigenvalue weighted by Crippen LogP contribution is 2.25. The van der Waals surface area contributed by atoms with E-state index in [1.807, 2.05) is 0 Å². The number of aromatic hydroxyl groups is 1. The van der Waals surface area contributed by atoms with Crippen molar-refractivity contribution in [2.24, 2.45) is 0 Å². The normalized spacial score (nSPS) is 15.9. The number of halogens is 2. The molecule has 0 aromatic heterocycles. The third-order valence-electron chi connectivity index (χ3n) is 3.54. The SMILES string of the molecule is O=C1N/C(=C\c2cc(Br)ccc2O)C(=O)N1Cc1ccccc1F. The van der Waals surface area contributed by atoms with Gasteiger partial charge in [0.25, 0.3) is 5.91 Å². The average Bonchev–Trinajstić information content (AvgIpc) is 2.80. The molecule has 5 nitrogen and oxygen atoms in total. The number of hydrogen-bond acceptors (Lipinski definition) is 3. The van der Waals surface area contributed by atoms with Gasteiger partial charge in [-0.2, -0.15) is 0 Å². The van der Waals surface area contributed by atoms with Crippen LogP contribution in [0.5, 0.6) is 5.75 Å². The fourth-order valence-corrected chi connectivity index (χ4v) is 2.69. The number of carbonyl (C=O) groups is 2. The summed E-state index contributed by atoms with van der Waals surface area (Å²) in [5.74, 6) is -1.09. The van der Waals surface area contributed by atoms with Crippen LogP contribution in [0.25, 0.3) is 6.08 Å². The van der Waals surface area contributed by atoms with Gasteiger partial charge in [0.2, 0.25) is 0 Å². The molecule has 1 fully saturated rings. The number of phenolic OH excluding ortho intramolecular Hbond substituents is 1. The molecule has 1 heterocycles. The molecule has 1 aliphatic heterocycles. The first-order valence-corrected chi connectivity index (χ1v) is 7.81. The molecule has 0 unspecified atom stereocenters. The minimum Gasteiger partial charge on any atom is -0.507 e. The number of nitrogens with zero attached hydrogens (tertiary/aromatic N) is 1. The van der Waals surface area contributed by atoms with Gasteiger partial charge >= 0.3 is 6.03 Å². The van der Waals surface area contributed by atoms with Gasteiger partial charge in [-0.1, -0.05) is 34.1 Å². The molecule has 3 amide bonds. The van der Waals surface area contributed by atoms with Gasteiger partial charge in [-0.05, 0) is 30.3 Å². The third-order valence-corrected chi connectivity index (χ3v) is 4.03. The third kappa shape index (κ3) is 3.16. The second-order valence-electron chi connectivity index (χ2n) is 5.17. The molecule has 0 saturated carbocycles. The van der Waals surface area contributed by atoms with Crippen molar-refractivity contribution in [2.45, 2.75) is 6.54 Å². The average molecular weight is 391 g/mol. The van der Waals surface area contributed by atoms with Crippen molar-refractivity contribution in [3.05, 3.63) is 69.6 Å². The molecule has 1 aliphatic rings. The van der Waals surface area contributed by atoms with Crippen LogP contribution in [0.1, 0.15) is 11.1 Å². The number of urea groups is 1. The van der Waals surface area contributed by atoms with Gasteiger partial charge in [0.05, 0.1) is 6.54 Å². The van der Waals surface area contributed by atoms with Gasteiger partial charge in [0.1, 0.15) is 17.3 Å². The summed E-state index contributed by atoms with van der Waals surface area (Å²) in [6, 6.07) is 10.0. The predicted octanol–water partition coefficient (Wildman–Crippen LogP) is 3.39. The number of imide groups is 1. The topological polar surface area (TPSA) is 69.6 Å². The summed E-state index contributed by atoms with van der Waals surface area (Å²) in [5, 5.41) is 12.3. The van der Waals surface area contributed by atoms with Crippen molar-refractivity contribution < 1.29 is 19.1 Å². The van der Waals surface area contributed by atoms with Crippen molar-refractivity contribution in [3.63, 3.8) is 0 Å². The molecule has 0 spiro atoms. The zero-order chi connectivity index (χ0) is 17.3. The van der Waals surface area contributed by atoms with E-state index in [1.165, 1.54) is 30.3 Å². The molecule has 0 atom stereocenters. The molecule has 3 rings (SSSR count). The first kappa shape index (κ1) is 16.2. The monoisotopic (exact) mass is 390 g/mol. The van der Waals surface area contributed by atoms with Gasteiger partial charge in [0.15, 0.2) is 0 Å². The lowest BCUT2D eigenvalue weighted by Gasteiger charge is -2.12. The first-order valence-electron chi connectivity index (χ1n) is 7.02. The van der Waals surface area contributed by atoms with E-state index in [2.05, 4.69) is 21.2 Å². The highest BCUT2D eigenvalue weighted by molar-refractivity contribution is 9.10. The Morgan fingerprint density at radius 2 is 1.96 bits per heavy atom. The minimum atomic E-state index is -0.635. The Morgan fingerprint density at radius 3 is 2.71 bits per heavy atom. The highest BCUT2D eigenvalue weighted by Gasteiger charge is 2.34. The summed E-state index contributed by atoms with van der Waals surface area (Å²) in [7, 11) is 0. The summed E-state index contributed by atoms with van der Waals surface area (Å²) in [6.07, 6.45) is 1.38.